The molecule has 0 spiro atoms. The maximum Gasteiger partial charge on any atom is 0.263 e. The van der Waals surface area contributed by atoms with Gasteiger partial charge in [0.2, 0.25) is 0 Å². The highest BCUT2D eigenvalue weighted by Gasteiger charge is 2.22. The number of carbonyl (C=O) groups excluding carboxylic acids is 1. The van der Waals surface area contributed by atoms with Gasteiger partial charge < -0.3 is 14.8 Å². The van der Waals surface area contributed by atoms with Gasteiger partial charge in [-0.1, -0.05) is 24.0 Å². The zero-order valence-electron chi connectivity index (χ0n) is 10.9. The molecule has 1 heterocycles. The maximum atomic E-state index is 11.7. The number of methoxy groups -OCH3 is 1. The predicted molar refractivity (Wildman–Crippen MR) is 93.2 cm³/mol. The van der Waals surface area contributed by atoms with E-state index in [1.54, 1.807) is 13.2 Å². The highest BCUT2D eigenvalue weighted by atomic mass is 127. The fraction of sp³-hybridized carbons (Fsp3) is 0.231. The molecule has 1 aliphatic rings. The Balaban J connectivity index is 2.40. The third-order valence-corrected chi connectivity index (χ3v) is 4.44. The first-order chi connectivity index (χ1) is 9.55. The lowest BCUT2D eigenvalue weighted by Crippen LogP contribution is -2.17. The molecule has 1 fully saturated rings. The monoisotopic (exact) mass is 421 g/mol. The zero-order valence-corrected chi connectivity index (χ0v) is 14.6. The zero-order chi connectivity index (χ0) is 14.7. The van der Waals surface area contributed by atoms with E-state index in [0.29, 0.717) is 27.3 Å². The molecule has 4 nitrogen and oxygen atoms in total. The van der Waals surface area contributed by atoms with E-state index in [2.05, 4.69) is 27.9 Å². The standard InChI is InChI=1S/C13H12INO3S2/c1-3-18-9-5-7(4-8(14)11(9)17-2)6-10-12(16)15-13(19)20-10/h4-6H,3H2,1-2H3,(H,15,16,19). The Hall–Kier alpha value is -0.800. The van der Waals surface area contributed by atoms with Crippen LogP contribution >= 0.6 is 46.6 Å². The molecular formula is C13H12INO3S2. The first-order valence-corrected chi connectivity index (χ1v) is 8.10. The molecule has 1 amide bonds. The van der Waals surface area contributed by atoms with Crippen LogP contribution in [0.15, 0.2) is 17.0 Å². The molecule has 0 radical (unpaired) electrons. The van der Waals surface area contributed by atoms with Crippen LogP contribution in [0.1, 0.15) is 12.5 Å². The summed E-state index contributed by atoms with van der Waals surface area (Å²) in [6, 6.07) is 3.79. The van der Waals surface area contributed by atoms with Gasteiger partial charge in [0, 0.05) is 0 Å². The molecule has 1 aromatic carbocycles. The smallest absolute Gasteiger partial charge is 0.263 e. The van der Waals surface area contributed by atoms with E-state index < -0.39 is 0 Å². The van der Waals surface area contributed by atoms with Crippen molar-refractivity contribution in [1.82, 2.24) is 5.32 Å². The lowest BCUT2D eigenvalue weighted by Gasteiger charge is -2.12. The van der Waals surface area contributed by atoms with E-state index in [4.69, 9.17) is 21.7 Å². The summed E-state index contributed by atoms with van der Waals surface area (Å²) in [6.07, 6.45) is 1.80. The largest absolute Gasteiger partial charge is 0.492 e. The molecule has 1 saturated heterocycles. The summed E-state index contributed by atoms with van der Waals surface area (Å²) in [5.41, 5.74) is 0.876. The topological polar surface area (TPSA) is 47.6 Å². The van der Waals surface area contributed by atoms with E-state index in [-0.39, 0.29) is 5.91 Å². The van der Waals surface area contributed by atoms with Gasteiger partial charge in [-0.15, -0.1) is 0 Å². The summed E-state index contributed by atoms with van der Waals surface area (Å²) in [5.74, 6) is 1.21. The summed E-state index contributed by atoms with van der Waals surface area (Å²) in [5, 5.41) is 2.59. The van der Waals surface area contributed by atoms with Crippen molar-refractivity contribution in [3.8, 4) is 11.5 Å². The minimum atomic E-state index is -0.163. The number of nitrogens with one attached hydrogen (secondary N) is 1. The molecule has 0 atom stereocenters. The molecule has 7 heteroatoms. The van der Waals surface area contributed by atoms with Crippen LogP contribution in [0.25, 0.3) is 6.08 Å². The Bertz CT molecular complexity index is 602. The van der Waals surface area contributed by atoms with Gasteiger partial charge in [0.05, 0.1) is 22.2 Å². The van der Waals surface area contributed by atoms with Crippen LogP contribution in [-0.2, 0) is 4.79 Å². The van der Waals surface area contributed by atoms with E-state index >= 15 is 0 Å². The number of benzene rings is 1. The van der Waals surface area contributed by atoms with Crippen molar-refractivity contribution in [1.29, 1.82) is 0 Å². The molecule has 20 heavy (non-hydrogen) atoms. The molecular weight excluding hydrogens is 409 g/mol. The number of carbonyl (C=O) groups is 1. The maximum absolute atomic E-state index is 11.7. The molecule has 0 unspecified atom stereocenters. The SMILES string of the molecule is CCOc1cc(C=C2SC(=S)NC2=O)cc(I)c1OC. The van der Waals surface area contributed by atoms with Crippen molar-refractivity contribution in [2.24, 2.45) is 0 Å². The Labute approximate surface area is 140 Å². The fourth-order valence-electron chi connectivity index (χ4n) is 1.70. The van der Waals surface area contributed by atoms with Crippen molar-refractivity contribution in [2.45, 2.75) is 6.92 Å². The number of rotatable bonds is 4. The second kappa shape index (κ2) is 6.77. The normalized spacial score (nSPS) is 16.4. The van der Waals surface area contributed by atoms with Gasteiger partial charge in [0.1, 0.15) is 4.32 Å². The summed E-state index contributed by atoms with van der Waals surface area (Å²) in [6.45, 7) is 2.46. The molecule has 0 bridgehead atoms. The Kier molecular flexibility index (Phi) is 5.28. The van der Waals surface area contributed by atoms with Crippen molar-refractivity contribution in [3.63, 3.8) is 0 Å². The van der Waals surface area contributed by atoms with Gasteiger partial charge in [-0.2, -0.15) is 0 Å². The van der Waals surface area contributed by atoms with Crippen LogP contribution in [0.4, 0.5) is 0 Å². The van der Waals surface area contributed by atoms with Crippen LogP contribution < -0.4 is 14.8 Å². The number of amides is 1. The lowest BCUT2D eigenvalue weighted by molar-refractivity contribution is -0.115. The molecule has 0 aromatic heterocycles. The van der Waals surface area contributed by atoms with Gasteiger partial charge in [-0.05, 0) is 53.3 Å². The quantitative estimate of drug-likeness (QED) is 0.460. The number of hydrogen-bond donors (Lipinski definition) is 1. The molecule has 1 aliphatic heterocycles. The van der Waals surface area contributed by atoms with Crippen LogP contribution in [0, 0.1) is 3.57 Å². The van der Waals surface area contributed by atoms with Gasteiger partial charge >= 0.3 is 0 Å². The highest BCUT2D eigenvalue weighted by Crippen LogP contribution is 2.35. The molecule has 106 valence electrons. The van der Waals surface area contributed by atoms with E-state index in [1.807, 2.05) is 19.1 Å². The third kappa shape index (κ3) is 3.44. The van der Waals surface area contributed by atoms with E-state index in [9.17, 15) is 4.79 Å². The van der Waals surface area contributed by atoms with E-state index in [1.165, 1.54) is 11.8 Å². The Morgan fingerprint density at radius 2 is 2.25 bits per heavy atom. The molecule has 0 saturated carbocycles. The molecule has 1 aromatic rings. The van der Waals surface area contributed by atoms with Crippen molar-refractivity contribution < 1.29 is 14.3 Å². The van der Waals surface area contributed by atoms with Crippen LogP contribution in [0.2, 0.25) is 0 Å². The first kappa shape index (κ1) is 15.6. The second-order valence-electron chi connectivity index (χ2n) is 3.82. The summed E-state index contributed by atoms with van der Waals surface area (Å²) in [4.78, 5) is 12.2. The summed E-state index contributed by atoms with van der Waals surface area (Å²) in [7, 11) is 1.61. The fourth-order valence-corrected chi connectivity index (χ4v) is 3.59. The summed E-state index contributed by atoms with van der Waals surface area (Å²) < 4.78 is 12.3. The van der Waals surface area contributed by atoms with Crippen LogP contribution in [0.3, 0.4) is 0 Å². The number of halogens is 1. The van der Waals surface area contributed by atoms with Crippen LogP contribution in [0.5, 0.6) is 11.5 Å². The second-order valence-corrected chi connectivity index (χ2v) is 6.70. The Morgan fingerprint density at radius 1 is 1.50 bits per heavy atom. The number of ether oxygens (including phenoxy) is 2. The molecule has 2 rings (SSSR count). The average molecular weight is 421 g/mol. The summed E-state index contributed by atoms with van der Waals surface area (Å²) >= 11 is 8.41. The Morgan fingerprint density at radius 3 is 2.80 bits per heavy atom. The van der Waals surface area contributed by atoms with Gasteiger partial charge in [0.15, 0.2) is 11.5 Å². The van der Waals surface area contributed by atoms with E-state index in [0.717, 1.165) is 9.13 Å². The number of thiocarbonyl (C=S) groups is 1. The van der Waals surface area contributed by atoms with Crippen LogP contribution in [-0.4, -0.2) is 23.9 Å². The van der Waals surface area contributed by atoms with Crippen molar-refractivity contribution >= 4 is 62.9 Å². The average Bonchev–Trinajstić information content (AvgIpc) is 2.68. The minimum Gasteiger partial charge on any atom is -0.492 e. The van der Waals surface area contributed by atoms with Gasteiger partial charge in [-0.3, -0.25) is 4.79 Å². The van der Waals surface area contributed by atoms with Gasteiger partial charge in [-0.25, -0.2) is 0 Å². The van der Waals surface area contributed by atoms with Crippen molar-refractivity contribution in [3.05, 3.63) is 26.2 Å². The number of thioether (sulfide) groups is 1. The molecule has 0 aliphatic carbocycles. The number of hydrogen-bond acceptors (Lipinski definition) is 5. The first-order valence-electron chi connectivity index (χ1n) is 5.80. The third-order valence-electron chi connectivity index (χ3n) is 2.48. The predicted octanol–water partition coefficient (Wildman–Crippen LogP) is 3.19. The highest BCUT2D eigenvalue weighted by molar-refractivity contribution is 14.1. The molecule has 1 N–H and O–H groups in total. The van der Waals surface area contributed by atoms with Gasteiger partial charge in [0.25, 0.3) is 5.91 Å². The van der Waals surface area contributed by atoms with Crippen molar-refractivity contribution in [2.75, 3.05) is 13.7 Å². The lowest BCUT2D eigenvalue weighted by atomic mass is 10.2. The minimum absolute atomic E-state index is 0.163.